The fourth-order valence-corrected chi connectivity index (χ4v) is 4.27. The number of benzene rings is 2. The number of ether oxygens (including phenoxy) is 2. The van der Waals surface area contributed by atoms with Gasteiger partial charge in [0.1, 0.15) is 0 Å². The minimum Gasteiger partial charge on any atom is -0.481 e. The van der Waals surface area contributed by atoms with Crippen molar-refractivity contribution in [2.24, 2.45) is 0 Å². The van der Waals surface area contributed by atoms with Gasteiger partial charge >= 0.3 is 6.01 Å². The monoisotopic (exact) mass is 528 g/mol. The van der Waals surface area contributed by atoms with Crippen LogP contribution in [0.25, 0.3) is 18.5 Å². The van der Waals surface area contributed by atoms with Crippen molar-refractivity contribution in [2.75, 3.05) is 24.3 Å². The molecule has 4 aromatic rings. The Morgan fingerprint density at radius 3 is 2.39 bits per heavy atom. The third-order valence-corrected chi connectivity index (χ3v) is 6.57. The molecule has 0 fully saturated rings. The number of halogens is 1. The van der Waals surface area contributed by atoms with Crippen LogP contribution in [0, 0.1) is 0 Å². The fraction of sp³-hybridized carbons (Fsp3) is 0.0870. The van der Waals surface area contributed by atoms with E-state index in [0.29, 0.717) is 27.0 Å². The van der Waals surface area contributed by atoms with Gasteiger partial charge in [-0.3, -0.25) is 14.6 Å². The summed E-state index contributed by atoms with van der Waals surface area (Å²) in [6.07, 6.45) is 1.49. The summed E-state index contributed by atoms with van der Waals surface area (Å²) in [7, 11) is -1.21. The number of hydrogen-bond donors (Lipinski definition) is 3. The van der Waals surface area contributed by atoms with Gasteiger partial charge in [-0.1, -0.05) is 18.2 Å². The van der Waals surface area contributed by atoms with Crippen molar-refractivity contribution in [3.63, 3.8) is 0 Å². The molecule has 0 radical (unpaired) electrons. The molecule has 2 heterocycles. The van der Waals surface area contributed by atoms with Gasteiger partial charge in [0.2, 0.25) is 5.88 Å². The van der Waals surface area contributed by atoms with Crippen molar-refractivity contribution >= 4 is 45.9 Å². The van der Waals surface area contributed by atoms with E-state index < -0.39 is 10.0 Å². The van der Waals surface area contributed by atoms with Crippen molar-refractivity contribution in [3.8, 4) is 17.6 Å². The van der Waals surface area contributed by atoms with Gasteiger partial charge in [-0.15, -0.1) is 0 Å². The summed E-state index contributed by atoms with van der Waals surface area (Å²) in [4.78, 5) is 20.7. The molecule has 0 saturated heterocycles. The fourth-order valence-electron chi connectivity index (χ4n) is 3.15. The van der Waals surface area contributed by atoms with Gasteiger partial charge < -0.3 is 14.8 Å². The number of rotatable bonds is 8. The van der Waals surface area contributed by atoms with Crippen LogP contribution < -0.4 is 35.6 Å². The second-order valence-corrected chi connectivity index (χ2v) is 9.44. The molecule has 0 unspecified atom stereocenters. The summed E-state index contributed by atoms with van der Waals surface area (Å²) in [6.45, 7) is 3.88. The van der Waals surface area contributed by atoms with Gasteiger partial charge in [-0.2, -0.15) is 9.97 Å². The van der Waals surface area contributed by atoms with E-state index in [1.54, 1.807) is 36.4 Å². The SMILES string of the molecule is C=c1[nH]n(-c2ccc(Cl)cc2)c(=O)/c1=C/Nc1ccc(S(=O)(=O)Nc2cc(OC)nc(OC)n2)cc1. The Morgan fingerprint density at radius 1 is 1.06 bits per heavy atom. The van der Waals surface area contributed by atoms with E-state index in [9.17, 15) is 13.2 Å². The Labute approximate surface area is 210 Å². The van der Waals surface area contributed by atoms with Crippen LogP contribution in [-0.4, -0.2) is 42.4 Å². The number of methoxy groups -OCH3 is 2. The molecule has 3 N–H and O–H groups in total. The lowest BCUT2D eigenvalue weighted by atomic mass is 10.3. The van der Waals surface area contributed by atoms with Crippen molar-refractivity contribution < 1.29 is 17.9 Å². The molecular weight excluding hydrogens is 508 g/mol. The first kappa shape index (κ1) is 24.8. The minimum atomic E-state index is -3.96. The predicted octanol–water partition coefficient (Wildman–Crippen LogP) is 1.69. The summed E-state index contributed by atoms with van der Waals surface area (Å²) in [5.74, 6) is 0.126. The van der Waals surface area contributed by atoms with Crippen LogP contribution >= 0.6 is 11.6 Å². The molecule has 0 saturated carbocycles. The zero-order valence-electron chi connectivity index (χ0n) is 19.1. The Kier molecular flexibility index (Phi) is 6.99. The largest absolute Gasteiger partial charge is 0.481 e. The third-order valence-electron chi connectivity index (χ3n) is 4.95. The molecule has 0 amide bonds. The number of aromatic nitrogens is 4. The molecular formula is C23H21ClN6O5S. The highest BCUT2D eigenvalue weighted by Gasteiger charge is 2.17. The number of sulfonamides is 1. The van der Waals surface area contributed by atoms with E-state index in [1.165, 1.54) is 43.3 Å². The number of hydrogen-bond acceptors (Lipinski definition) is 8. The van der Waals surface area contributed by atoms with Gasteiger partial charge in [0.15, 0.2) is 5.82 Å². The van der Waals surface area contributed by atoms with Crippen LogP contribution in [0.2, 0.25) is 5.02 Å². The topological polar surface area (TPSA) is 140 Å². The number of nitrogens with one attached hydrogen (secondary N) is 3. The minimum absolute atomic E-state index is 0.00539. The number of aromatic amines is 1. The van der Waals surface area contributed by atoms with Crippen molar-refractivity contribution in [1.82, 2.24) is 19.7 Å². The molecule has 36 heavy (non-hydrogen) atoms. The van der Waals surface area contributed by atoms with Crippen LogP contribution in [0.4, 0.5) is 11.5 Å². The molecule has 2 aromatic carbocycles. The molecule has 2 aromatic heterocycles. The normalized spacial score (nSPS) is 11.8. The first-order valence-electron chi connectivity index (χ1n) is 10.3. The standard InChI is InChI=1S/C23H21ClN6O5S/c1-14-19(22(31)30(28-14)17-8-4-15(24)5-9-17)13-25-16-6-10-18(11-7-16)36(32,33)29-20-12-21(34-2)27-23(26-20)35-3/h4-13,25,28H,1H2,2-3H3,(H,26,27,29)/b19-13+. The Balaban J connectivity index is 1.54. The lowest BCUT2D eigenvalue weighted by Gasteiger charge is -2.10. The van der Waals surface area contributed by atoms with E-state index in [0.717, 1.165) is 0 Å². The second kappa shape index (κ2) is 10.1. The summed E-state index contributed by atoms with van der Waals surface area (Å²) in [5, 5.41) is 7.18. The van der Waals surface area contributed by atoms with Crippen LogP contribution in [0.3, 0.4) is 0 Å². The Bertz CT molecular complexity index is 1640. The van der Waals surface area contributed by atoms with Crippen LogP contribution in [0.1, 0.15) is 0 Å². The molecule has 0 aliphatic carbocycles. The quantitative estimate of drug-likeness (QED) is 0.314. The van der Waals surface area contributed by atoms with E-state index in [2.05, 4.69) is 31.7 Å². The van der Waals surface area contributed by atoms with Crippen LogP contribution in [0.5, 0.6) is 11.9 Å². The number of nitrogens with zero attached hydrogens (tertiary/aromatic N) is 3. The predicted molar refractivity (Wildman–Crippen MR) is 137 cm³/mol. The van der Waals surface area contributed by atoms with Crippen molar-refractivity contribution in [3.05, 3.63) is 80.5 Å². The average Bonchev–Trinajstić information content (AvgIpc) is 3.15. The van der Waals surface area contributed by atoms with E-state index in [1.807, 2.05) is 0 Å². The van der Waals surface area contributed by atoms with Crippen molar-refractivity contribution in [1.29, 1.82) is 0 Å². The number of H-pyrrole nitrogens is 1. The smallest absolute Gasteiger partial charge is 0.321 e. The van der Waals surface area contributed by atoms with Gasteiger partial charge in [-0.25, -0.2) is 13.1 Å². The molecule has 0 bridgehead atoms. The van der Waals surface area contributed by atoms with Crippen molar-refractivity contribution in [2.45, 2.75) is 4.90 Å². The molecule has 11 nitrogen and oxygen atoms in total. The summed E-state index contributed by atoms with van der Waals surface area (Å²) >= 11 is 5.91. The molecule has 0 atom stereocenters. The maximum atomic E-state index is 12.8. The lowest BCUT2D eigenvalue weighted by Crippen LogP contribution is -2.34. The summed E-state index contributed by atoms with van der Waals surface area (Å²) < 4.78 is 39.3. The molecule has 13 heteroatoms. The molecule has 186 valence electrons. The highest BCUT2D eigenvalue weighted by molar-refractivity contribution is 7.92. The lowest BCUT2D eigenvalue weighted by molar-refractivity contribution is 0.353. The van der Waals surface area contributed by atoms with Gasteiger partial charge in [0, 0.05) is 23.0 Å². The van der Waals surface area contributed by atoms with Gasteiger partial charge in [0.25, 0.3) is 15.6 Å². The maximum Gasteiger partial charge on any atom is 0.321 e. The first-order chi connectivity index (χ1) is 17.2. The summed E-state index contributed by atoms with van der Waals surface area (Å²) in [5.41, 5.74) is 0.848. The van der Waals surface area contributed by atoms with Gasteiger partial charge in [-0.05, 0) is 48.5 Å². The van der Waals surface area contributed by atoms with E-state index in [-0.39, 0.29) is 28.2 Å². The first-order valence-corrected chi connectivity index (χ1v) is 12.2. The van der Waals surface area contributed by atoms with E-state index >= 15 is 0 Å². The number of anilines is 2. The Hall–Kier alpha value is -4.29. The van der Waals surface area contributed by atoms with Crippen LogP contribution in [0.15, 0.2) is 64.3 Å². The molecule has 4 rings (SSSR count). The molecule has 0 spiro atoms. The van der Waals surface area contributed by atoms with E-state index in [4.69, 9.17) is 21.1 Å². The molecule has 0 aliphatic heterocycles. The second-order valence-electron chi connectivity index (χ2n) is 7.32. The zero-order chi connectivity index (χ0) is 25.9. The van der Waals surface area contributed by atoms with Crippen LogP contribution in [-0.2, 0) is 10.0 Å². The van der Waals surface area contributed by atoms with Gasteiger partial charge in [0.05, 0.1) is 35.4 Å². The third kappa shape index (κ3) is 5.34. The Morgan fingerprint density at radius 2 is 1.75 bits per heavy atom. The summed E-state index contributed by atoms with van der Waals surface area (Å²) in [6, 6.07) is 14.0. The highest BCUT2D eigenvalue weighted by atomic mass is 35.5. The molecule has 0 aliphatic rings. The zero-order valence-corrected chi connectivity index (χ0v) is 20.7. The maximum absolute atomic E-state index is 12.8. The highest BCUT2D eigenvalue weighted by Crippen LogP contribution is 2.21. The average molecular weight is 529 g/mol.